The second kappa shape index (κ2) is 8.06. The monoisotopic (exact) mass is 438 g/mol. The Hall–Kier alpha value is 0.660. The van der Waals surface area contributed by atoms with Gasteiger partial charge in [0.1, 0.15) is 0 Å². The molecule has 0 saturated carbocycles. The molecule has 0 heterocycles. The quantitative estimate of drug-likeness (QED) is 0.500. The van der Waals surface area contributed by atoms with Gasteiger partial charge in [0.2, 0.25) is 0 Å². The highest BCUT2D eigenvalue weighted by atomic mass is 79.9. The zero-order chi connectivity index (χ0) is 13.7. The molecule has 0 nitrogen and oxygen atoms in total. The van der Waals surface area contributed by atoms with Crippen LogP contribution < -0.4 is 0 Å². The summed E-state index contributed by atoms with van der Waals surface area (Å²) in [5.41, 5.74) is 4.38. The van der Waals surface area contributed by atoms with Crippen molar-refractivity contribution in [2.45, 2.75) is 54.5 Å². The summed E-state index contributed by atoms with van der Waals surface area (Å²) in [7, 11) is 0. The van der Waals surface area contributed by atoms with E-state index in [0.29, 0.717) is 14.5 Å². The molecule has 0 aliphatic carbocycles. The zero-order valence-corrected chi connectivity index (χ0v) is 16.0. The lowest BCUT2D eigenvalue weighted by molar-refractivity contribution is 0.882. The second-order valence-corrected chi connectivity index (χ2v) is 9.75. The van der Waals surface area contributed by atoms with Crippen molar-refractivity contribution in [3.05, 3.63) is 34.9 Å². The van der Waals surface area contributed by atoms with Crippen LogP contribution in [-0.2, 0) is 19.3 Å². The molecule has 102 valence electrons. The summed E-state index contributed by atoms with van der Waals surface area (Å²) in [6.07, 6.45) is 3.28. The van der Waals surface area contributed by atoms with Crippen LogP contribution in [0.25, 0.3) is 0 Å². The number of hydrogen-bond donors (Lipinski definition) is 0. The van der Waals surface area contributed by atoms with E-state index in [-0.39, 0.29) is 0 Å². The second-order valence-electron chi connectivity index (χ2n) is 5.06. The van der Waals surface area contributed by atoms with Crippen LogP contribution in [0, 0.1) is 0 Å². The average Bonchev–Trinajstić information content (AvgIpc) is 2.19. The first-order valence-corrected chi connectivity index (χ1v) is 9.16. The van der Waals surface area contributed by atoms with E-state index in [1.807, 2.05) is 0 Å². The van der Waals surface area contributed by atoms with Gasteiger partial charge in [-0.25, -0.2) is 0 Å². The molecule has 3 heteroatoms. The Kier molecular flexibility index (Phi) is 7.48. The van der Waals surface area contributed by atoms with Crippen LogP contribution in [0.2, 0.25) is 0 Å². The summed E-state index contributed by atoms with van der Waals surface area (Å²) in [6.45, 7) is 6.61. The minimum atomic E-state index is 0.526. The first-order valence-electron chi connectivity index (χ1n) is 6.41. The standard InChI is InChI=1S/C15H21Br3/c1-10(16)6-13-4-5-14(7-11(2)17)15(9-13)8-12(3)18/h4-5,9-12H,6-8H2,1-3H3. The molecule has 1 rings (SSSR count). The van der Waals surface area contributed by atoms with E-state index >= 15 is 0 Å². The largest absolute Gasteiger partial charge is 0.0890 e. The van der Waals surface area contributed by atoms with Crippen LogP contribution in [0.4, 0.5) is 0 Å². The molecule has 0 radical (unpaired) electrons. The van der Waals surface area contributed by atoms with Gasteiger partial charge in [-0.05, 0) is 36.0 Å². The minimum absolute atomic E-state index is 0.526. The Labute approximate surface area is 136 Å². The number of alkyl halides is 3. The molecule has 3 unspecified atom stereocenters. The molecule has 0 saturated heterocycles. The van der Waals surface area contributed by atoms with Crippen molar-refractivity contribution >= 4 is 47.8 Å². The summed E-state index contributed by atoms with van der Waals surface area (Å²) in [5.74, 6) is 0. The Balaban J connectivity index is 2.96. The van der Waals surface area contributed by atoms with Crippen molar-refractivity contribution in [1.82, 2.24) is 0 Å². The molecule has 0 spiro atoms. The van der Waals surface area contributed by atoms with Gasteiger partial charge in [0.15, 0.2) is 0 Å². The lowest BCUT2D eigenvalue weighted by Crippen LogP contribution is -2.07. The van der Waals surface area contributed by atoms with Crippen LogP contribution in [0.1, 0.15) is 37.5 Å². The molecule has 0 aliphatic heterocycles. The third kappa shape index (κ3) is 6.21. The van der Waals surface area contributed by atoms with E-state index in [1.54, 1.807) is 0 Å². The van der Waals surface area contributed by atoms with Crippen LogP contribution in [0.3, 0.4) is 0 Å². The third-order valence-corrected chi connectivity index (χ3v) is 3.76. The minimum Gasteiger partial charge on any atom is -0.0890 e. The van der Waals surface area contributed by atoms with Gasteiger partial charge < -0.3 is 0 Å². The van der Waals surface area contributed by atoms with Crippen LogP contribution >= 0.6 is 47.8 Å². The molecule has 1 aromatic carbocycles. The van der Waals surface area contributed by atoms with Crippen molar-refractivity contribution in [3.8, 4) is 0 Å². The Morgan fingerprint density at radius 2 is 1.28 bits per heavy atom. The van der Waals surface area contributed by atoms with Crippen molar-refractivity contribution in [1.29, 1.82) is 0 Å². The molecule has 18 heavy (non-hydrogen) atoms. The molecular formula is C15H21Br3. The molecule has 0 amide bonds. The van der Waals surface area contributed by atoms with Gasteiger partial charge in [0.05, 0.1) is 0 Å². The average molecular weight is 441 g/mol. The summed E-state index contributed by atoms with van der Waals surface area (Å²) in [6, 6.07) is 6.94. The highest BCUT2D eigenvalue weighted by Gasteiger charge is 2.10. The van der Waals surface area contributed by atoms with E-state index in [2.05, 4.69) is 86.8 Å². The smallest absolute Gasteiger partial charge is 0.0158 e. The molecule has 1 aromatic rings. The Morgan fingerprint density at radius 1 is 0.778 bits per heavy atom. The predicted molar refractivity (Wildman–Crippen MR) is 92.7 cm³/mol. The van der Waals surface area contributed by atoms with Gasteiger partial charge in [-0.15, -0.1) is 0 Å². The molecular weight excluding hydrogens is 420 g/mol. The Morgan fingerprint density at radius 3 is 1.78 bits per heavy atom. The van der Waals surface area contributed by atoms with Crippen LogP contribution in [-0.4, -0.2) is 14.5 Å². The fourth-order valence-corrected chi connectivity index (χ4v) is 3.20. The molecule has 0 bridgehead atoms. The third-order valence-electron chi connectivity index (χ3n) is 2.79. The molecule has 0 aromatic heterocycles. The van der Waals surface area contributed by atoms with E-state index in [9.17, 15) is 0 Å². The summed E-state index contributed by atoms with van der Waals surface area (Å²) >= 11 is 10.9. The number of hydrogen-bond acceptors (Lipinski definition) is 0. The number of benzene rings is 1. The van der Waals surface area contributed by atoms with E-state index < -0.39 is 0 Å². The lowest BCUT2D eigenvalue weighted by atomic mass is 9.96. The molecule has 0 aliphatic rings. The van der Waals surface area contributed by atoms with Crippen molar-refractivity contribution < 1.29 is 0 Å². The van der Waals surface area contributed by atoms with Gasteiger partial charge in [-0.3, -0.25) is 0 Å². The number of rotatable bonds is 6. The lowest BCUT2D eigenvalue weighted by Gasteiger charge is -2.15. The van der Waals surface area contributed by atoms with E-state index in [4.69, 9.17) is 0 Å². The summed E-state index contributed by atoms with van der Waals surface area (Å²) in [5, 5.41) is 0. The topological polar surface area (TPSA) is 0 Å². The molecule has 3 atom stereocenters. The van der Waals surface area contributed by atoms with Crippen LogP contribution in [0.5, 0.6) is 0 Å². The highest BCUT2D eigenvalue weighted by Crippen LogP contribution is 2.21. The maximum atomic E-state index is 3.67. The summed E-state index contributed by atoms with van der Waals surface area (Å²) < 4.78 is 0. The van der Waals surface area contributed by atoms with Gasteiger partial charge in [0, 0.05) is 14.5 Å². The van der Waals surface area contributed by atoms with Crippen molar-refractivity contribution in [2.24, 2.45) is 0 Å². The SMILES string of the molecule is CC(Br)Cc1ccc(CC(C)Br)c(CC(C)Br)c1. The zero-order valence-electron chi connectivity index (χ0n) is 11.2. The van der Waals surface area contributed by atoms with Gasteiger partial charge in [-0.1, -0.05) is 86.8 Å². The first-order chi connectivity index (χ1) is 8.38. The fourth-order valence-electron chi connectivity index (χ4n) is 2.13. The molecule has 0 fully saturated rings. The summed E-state index contributed by atoms with van der Waals surface area (Å²) in [4.78, 5) is 1.59. The van der Waals surface area contributed by atoms with Gasteiger partial charge in [0.25, 0.3) is 0 Å². The van der Waals surface area contributed by atoms with Crippen LogP contribution in [0.15, 0.2) is 18.2 Å². The fraction of sp³-hybridized carbons (Fsp3) is 0.600. The maximum absolute atomic E-state index is 3.67. The number of halogens is 3. The normalized spacial score (nSPS) is 16.3. The van der Waals surface area contributed by atoms with Gasteiger partial charge in [-0.2, -0.15) is 0 Å². The van der Waals surface area contributed by atoms with Crippen molar-refractivity contribution in [2.75, 3.05) is 0 Å². The van der Waals surface area contributed by atoms with Crippen molar-refractivity contribution in [3.63, 3.8) is 0 Å². The molecule has 0 N–H and O–H groups in total. The predicted octanol–water partition coefficient (Wildman–Crippen LogP) is 5.66. The maximum Gasteiger partial charge on any atom is 0.0158 e. The van der Waals surface area contributed by atoms with E-state index in [0.717, 1.165) is 19.3 Å². The Bertz CT molecular complexity index is 370. The first kappa shape index (κ1) is 16.7. The highest BCUT2D eigenvalue weighted by molar-refractivity contribution is 9.10. The van der Waals surface area contributed by atoms with Gasteiger partial charge >= 0.3 is 0 Å². The van der Waals surface area contributed by atoms with E-state index in [1.165, 1.54) is 16.7 Å².